The Bertz CT molecular complexity index is 546. The van der Waals surface area contributed by atoms with Crippen molar-refractivity contribution >= 4 is 39.3 Å². The van der Waals surface area contributed by atoms with Crippen LogP contribution in [0.5, 0.6) is 0 Å². The summed E-state index contributed by atoms with van der Waals surface area (Å²) in [6.07, 6.45) is 1.76. The van der Waals surface area contributed by atoms with E-state index >= 15 is 0 Å². The van der Waals surface area contributed by atoms with E-state index in [4.69, 9.17) is 11.6 Å². The Balaban J connectivity index is 2.26. The number of pyridine rings is 1. The van der Waals surface area contributed by atoms with Crippen LogP contribution < -0.4 is 0 Å². The van der Waals surface area contributed by atoms with Gasteiger partial charge in [0.1, 0.15) is 21.0 Å². The van der Waals surface area contributed by atoms with E-state index in [9.17, 15) is 0 Å². The van der Waals surface area contributed by atoms with Gasteiger partial charge in [0.05, 0.1) is 0 Å². The van der Waals surface area contributed by atoms with Gasteiger partial charge in [0, 0.05) is 22.7 Å². The van der Waals surface area contributed by atoms with Crippen LogP contribution in [0.2, 0.25) is 5.15 Å². The van der Waals surface area contributed by atoms with Crippen molar-refractivity contribution in [2.24, 2.45) is 0 Å². The highest BCUT2D eigenvalue weighted by Gasteiger charge is 2.08. The average Bonchev–Trinajstić information content (AvgIpc) is 2.31. The molecule has 0 saturated heterocycles. The maximum atomic E-state index is 5.99. The lowest BCUT2D eigenvalue weighted by molar-refractivity contribution is 0.753. The summed E-state index contributed by atoms with van der Waals surface area (Å²) in [7, 11) is 0. The standard InChI is InChI=1S/C12H11BrClN3S/c1-7(2)12-16-9(14)5-11(17-12)18-10-4-3-8(13)6-15-10/h3-7H,1-2H3. The molecule has 0 aliphatic heterocycles. The fourth-order valence-electron chi connectivity index (χ4n) is 1.25. The molecule has 2 aromatic rings. The molecule has 0 N–H and O–H groups in total. The molecular weight excluding hydrogens is 334 g/mol. The summed E-state index contributed by atoms with van der Waals surface area (Å²) in [5.41, 5.74) is 0. The molecule has 0 radical (unpaired) electrons. The van der Waals surface area contributed by atoms with Crippen LogP contribution in [0.1, 0.15) is 25.6 Å². The van der Waals surface area contributed by atoms with Gasteiger partial charge in [-0.1, -0.05) is 25.4 Å². The van der Waals surface area contributed by atoms with Crippen molar-refractivity contribution in [2.75, 3.05) is 0 Å². The van der Waals surface area contributed by atoms with Crippen molar-refractivity contribution in [3.05, 3.63) is 39.8 Å². The van der Waals surface area contributed by atoms with Gasteiger partial charge >= 0.3 is 0 Å². The minimum absolute atomic E-state index is 0.251. The summed E-state index contributed by atoms with van der Waals surface area (Å²) in [5, 5.41) is 2.16. The molecule has 0 atom stereocenters. The van der Waals surface area contributed by atoms with Crippen LogP contribution >= 0.6 is 39.3 Å². The number of hydrogen-bond donors (Lipinski definition) is 0. The predicted molar refractivity (Wildman–Crippen MR) is 77.2 cm³/mol. The number of halogens is 2. The van der Waals surface area contributed by atoms with Crippen molar-refractivity contribution < 1.29 is 0 Å². The van der Waals surface area contributed by atoms with Crippen LogP contribution in [-0.2, 0) is 0 Å². The van der Waals surface area contributed by atoms with Gasteiger partial charge in [0.25, 0.3) is 0 Å². The van der Waals surface area contributed by atoms with E-state index in [0.717, 1.165) is 20.3 Å². The summed E-state index contributed by atoms with van der Waals surface area (Å²) in [6, 6.07) is 5.63. The molecule has 0 bridgehead atoms. The van der Waals surface area contributed by atoms with E-state index in [-0.39, 0.29) is 5.92 Å². The zero-order chi connectivity index (χ0) is 13.1. The lowest BCUT2D eigenvalue weighted by Crippen LogP contribution is -1.98. The zero-order valence-corrected chi connectivity index (χ0v) is 13.1. The van der Waals surface area contributed by atoms with Crippen molar-refractivity contribution in [3.8, 4) is 0 Å². The van der Waals surface area contributed by atoms with Gasteiger partial charge in [0.15, 0.2) is 0 Å². The molecule has 0 aliphatic carbocycles. The first-order valence-corrected chi connectivity index (χ1v) is 7.37. The van der Waals surface area contributed by atoms with Crippen LogP contribution in [0.3, 0.4) is 0 Å². The number of nitrogens with zero attached hydrogens (tertiary/aromatic N) is 3. The number of rotatable bonds is 3. The molecule has 94 valence electrons. The molecule has 2 heterocycles. The second kappa shape index (κ2) is 5.99. The summed E-state index contributed by atoms with van der Waals surface area (Å²) in [5.74, 6) is 1.00. The van der Waals surface area contributed by atoms with Gasteiger partial charge in [-0.15, -0.1) is 0 Å². The Morgan fingerprint density at radius 2 is 2.00 bits per heavy atom. The van der Waals surface area contributed by atoms with Gasteiger partial charge < -0.3 is 0 Å². The third-order valence-electron chi connectivity index (χ3n) is 2.11. The normalized spacial score (nSPS) is 10.9. The lowest BCUT2D eigenvalue weighted by atomic mass is 10.2. The second-order valence-electron chi connectivity index (χ2n) is 3.96. The fourth-order valence-corrected chi connectivity index (χ4v) is 2.51. The number of hydrogen-bond acceptors (Lipinski definition) is 4. The quantitative estimate of drug-likeness (QED) is 0.765. The first-order valence-electron chi connectivity index (χ1n) is 5.38. The molecule has 6 heteroatoms. The van der Waals surface area contributed by atoms with E-state index in [2.05, 4.69) is 30.9 Å². The van der Waals surface area contributed by atoms with Crippen LogP contribution in [0.25, 0.3) is 0 Å². The minimum atomic E-state index is 0.251. The summed E-state index contributed by atoms with van der Waals surface area (Å²) in [4.78, 5) is 13.0. The molecule has 0 spiro atoms. The molecule has 3 nitrogen and oxygen atoms in total. The largest absolute Gasteiger partial charge is 0.248 e. The Kier molecular flexibility index (Phi) is 4.59. The van der Waals surface area contributed by atoms with Gasteiger partial charge in [-0.3, -0.25) is 0 Å². The summed E-state index contributed by atoms with van der Waals surface area (Å²) in [6.45, 7) is 4.08. The van der Waals surface area contributed by atoms with Gasteiger partial charge in [-0.2, -0.15) is 0 Å². The Hall–Kier alpha value is -0.650. The van der Waals surface area contributed by atoms with E-state index in [1.807, 2.05) is 26.0 Å². The molecule has 0 aromatic carbocycles. The number of aromatic nitrogens is 3. The van der Waals surface area contributed by atoms with Crippen LogP contribution in [0.15, 0.2) is 38.9 Å². The van der Waals surface area contributed by atoms with Gasteiger partial charge in [0.2, 0.25) is 0 Å². The molecule has 2 rings (SSSR count). The van der Waals surface area contributed by atoms with Crippen LogP contribution in [0, 0.1) is 0 Å². The van der Waals surface area contributed by atoms with Crippen LogP contribution in [0.4, 0.5) is 0 Å². The monoisotopic (exact) mass is 343 g/mol. The highest BCUT2D eigenvalue weighted by molar-refractivity contribution is 9.10. The molecule has 0 unspecified atom stereocenters. The van der Waals surface area contributed by atoms with E-state index < -0.39 is 0 Å². The van der Waals surface area contributed by atoms with E-state index in [1.165, 1.54) is 11.8 Å². The third-order valence-corrected chi connectivity index (χ3v) is 3.65. The SMILES string of the molecule is CC(C)c1nc(Cl)cc(Sc2ccc(Br)cn2)n1. The fraction of sp³-hybridized carbons (Fsp3) is 0.250. The second-order valence-corrected chi connectivity index (χ2v) is 6.30. The molecule has 2 aromatic heterocycles. The highest BCUT2D eigenvalue weighted by Crippen LogP contribution is 2.27. The molecular formula is C12H11BrClN3S. The van der Waals surface area contributed by atoms with Crippen molar-refractivity contribution in [1.82, 2.24) is 15.0 Å². The van der Waals surface area contributed by atoms with Crippen molar-refractivity contribution in [2.45, 2.75) is 29.8 Å². The predicted octanol–water partition coefficient (Wildman–Crippen LogP) is 4.56. The topological polar surface area (TPSA) is 38.7 Å². The molecule has 0 saturated carbocycles. The summed E-state index contributed by atoms with van der Waals surface area (Å²) >= 11 is 10.8. The van der Waals surface area contributed by atoms with Gasteiger partial charge in [-0.25, -0.2) is 15.0 Å². The first kappa shape index (κ1) is 13.8. The van der Waals surface area contributed by atoms with E-state index in [0.29, 0.717) is 5.15 Å². The maximum absolute atomic E-state index is 5.99. The lowest BCUT2D eigenvalue weighted by Gasteiger charge is -2.06. The highest BCUT2D eigenvalue weighted by atomic mass is 79.9. The van der Waals surface area contributed by atoms with Gasteiger partial charge in [-0.05, 0) is 39.8 Å². The Morgan fingerprint density at radius 3 is 2.61 bits per heavy atom. The summed E-state index contributed by atoms with van der Waals surface area (Å²) < 4.78 is 0.954. The molecule has 0 fully saturated rings. The zero-order valence-electron chi connectivity index (χ0n) is 9.89. The smallest absolute Gasteiger partial charge is 0.133 e. The van der Waals surface area contributed by atoms with Crippen molar-refractivity contribution in [3.63, 3.8) is 0 Å². The Labute approximate surface area is 124 Å². The average molecular weight is 345 g/mol. The molecule has 0 aliphatic rings. The third kappa shape index (κ3) is 3.67. The minimum Gasteiger partial charge on any atom is -0.248 e. The maximum Gasteiger partial charge on any atom is 0.133 e. The Morgan fingerprint density at radius 1 is 1.22 bits per heavy atom. The van der Waals surface area contributed by atoms with E-state index in [1.54, 1.807) is 12.3 Å². The first-order chi connectivity index (χ1) is 8.54. The molecule has 0 amide bonds. The van der Waals surface area contributed by atoms with Crippen molar-refractivity contribution in [1.29, 1.82) is 0 Å². The van der Waals surface area contributed by atoms with Crippen LogP contribution in [-0.4, -0.2) is 15.0 Å². The molecule has 18 heavy (non-hydrogen) atoms.